The number of anilines is 1. The summed E-state index contributed by atoms with van der Waals surface area (Å²) in [5.74, 6) is -1.13. The second kappa shape index (κ2) is 5.82. The molecule has 3 aromatic rings. The Bertz CT molecular complexity index is 1210. The molecule has 0 aliphatic carbocycles. The van der Waals surface area contributed by atoms with Crippen LogP contribution >= 0.6 is 11.6 Å². The van der Waals surface area contributed by atoms with Gasteiger partial charge >= 0.3 is 0 Å². The van der Waals surface area contributed by atoms with E-state index in [4.69, 9.17) is 11.6 Å². The van der Waals surface area contributed by atoms with E-state index >= 15 is 0 Å². The lowest BCUT2D eigenvalue weighted by molar-refractivity contribution is 0.0845. The minimum absolute atomic E-state index is 0.0818. The molecule has 0 spiro atoms. The molecule has 0 bridgehead atoms. The van der Waals surface area contributed by atoms with Gasteiger partial charge in [-0.2, -0.15) is 0 Å². The molecule has 0 fully saturated rings. The first-order valence-corrected chi connectivity index (χ1v) is 9.42. The summed E-state index contributed by atoms with van der Waals surface area (Å²) in [7, 11) is -3.95. The molecule has 1 aliphatic heterocycles. The first kappa shape index (κ1) is 16.6. The van der Waals surface area contributed by atoms with E-state index in [1.54, 1.807) is 36.4 Å². The van der Waals surface area contributed by atoms with Crippen LogP contribution in [-0.2, 0) is 10.0 Å². The van der Waals surface area contributed by atoms with Crippen molar-refractivity contribution < 1.29 is 18.0 Å². The summed E-state index contributed by atoms with van der Waals surface area (Å²) < 4.78 is 27.9. The highest BCUT2D eigenvalue weighted by molar-refractivity contribution is 7.92. The van der Waals surface area contributed by atoms with Crippen molar-refractivity contribution >= 4 is 49.9 Å². The van der Waals surface area contributed by atoms with Crippen molar-refractivity contribution in [2.45, 2.75) is 4.90 Å². The third-order valence-corrected chi connectivity index (χ3v) is 5.65. The maximum Gasteiger partial charge on any atom is 0.261 e. The fraction of sp³-hybridized carbons (Fsp3) is 0. The van der Waals surface area contributed by atoms with Crippen LogP contribution in [0.4, 0.5) is 5.69 Å². The van der Waals surface area contributed by atoms with Crippen LogP contribution in [0.2, 0.25) is 5.02 Å². The topological polar surface area (TPSA) is 92.3 Å². The summed E-state index contributed by atoms with van der Waals surface area (Å²) in [5.41, 5.74) is 0.785. The van der Waals surface area contributed by atoms with E-state index in [1.807, 2.05) is 0 Å². The van der Waals surface area contributed by atoms with Gasteiger partial charge in [-0.05, 0) is 41.8 Å². The molecular formula is C18H11ClN2O4S. The third-order valence-electron chi connectivity index (χ3n) is 4.05. The van der Waals surface area contributed by atoms with Crippen molar-refractivity contribution in [3.05, 3.63) is 70.7 Å². The van der Waals surface area contributed by atoms with Crippen molar-refractivity contribution in [2.75, 3.05) is 4.72 Å². The molecular weight excluding hydrogens is 376 g/mol. The number of hydrogen-bond acceptors (Lipinski definition) is 4. The predicted octanol–water partition coefficient (Wildman–Crippen LogP) is 3.18. The molecule has 4 rings (SSSR count). The fourth-order valence-corrected chi connectivity index (χ4v) is 4.23. The van der Waals surface area contributed by atoms with Crippen molar-refractivity contribution in [3.8, 4) is 0 Å². The highest BCUT2D eigenvalue weighted by Gasteiger charge is 2.27. The molecule has 0 saturated carbocycles. The second-order valence-corrected chi connectivity index (χ2v) is 7.89. The molecule has 130 valence electrons. The van der Waals surface area contributed by atoms with E-state index < -0.39 is 21.8 Å². The number of amides is 2. The zero-order valence-corrected chi connectivity index (χ0v) is 14.7. The van der Waals surface area contributed by atoms with E-state index in [0.717, 1.165) is 0 Å². The SMILES string of the molecule is O=C1NC(=O)c2cc(S(=O)(=O)Nc3cccc(Cl)c3)cc3cccc1c23. The molecule has 0 unspecified atom stereocenters. The first-order chi connectivity index (χ1) is 12.3. The van der Waals surface area contributed by atoms with Gasteiger partial charge in [0.05, 0.1) is 10.6 Å². The maximum atomic E-state index is 12.7. The van der Waals surface area contributed by atoms with Gasteiger partial charge in [0.15, 0.2) is 0 Å². The van der Waals surface area contributed by atoms with Crippen molar-refractivity contribution in [1.82, 2.24) is 5.32 Å². The summed E-state index contributed by atoms with van der Waals surface area (Å²) in [6.07, 6.45) is 0. The number of nitrogens with one attached hydrogen (secondary N) is 2. The Labute approximate surface area is 153 Å². The van der Waals surface area contributed by atoms with Gasteiger partial charge in [-0.3, -0.25) is 19.6 Å². The minimum Gasteiger partial charge on any atom is -0.288 e. The number of carbonyl (C=O) groups is 2. The Morgan fingerprint density at radius 3 is 2.38 bits per heavy atom. The molecule has 0 saturated heterocycles. The third kappa shape index (κ3) is 2.71. The highest BCUT2D eigenvalue weighted by Crippen LogP contribution is 2.30. The normalized spacial score (nSPS) is 13.6. The Balaban J connectivity index is 1.88. The predicted molar refractivity (Wildman–Crippen MR) is 98.0 cm³/mol. The molecule has 2 N–H and O–H groups in total. The average molecular weight is 387 g/mol. The van der Waals surface area contributed by atoms with Gasteiger partial charge in [0, 0.05) is 21.5 Å². The van der Waals surface area contributed by atoms with Gasteiger partial charge in [0.1, 0.15) is 0 Å². The lowest BCUT2D eigenvalue weighted by Gasteiger charge is -2.18. The largest absolute Gasteiger partial charge is 0.288 e. The standard InChI is InChI=1S/C18H11ClN2O4S/c19-11-4-2-5-12(8-11)21-26(24,25)13-7-10-3-1-6-14-16(10)15(9-13)18(23)20-17(14)22/h1-9,21H,(H,20,22,23). The van der Waals surface area contributed by atoms with Gasteiger partial charge in [-0.25, -0.2) is 8.42 Å². The maximum absolute atomic E-state index is 12.7. The number of sulfonamides is 1. The van der Waals surface area contributed by atoms with E-state index in [2.05, 4.69) is 10.0 Å². The van der Waals surface area contributed by atoms with Gasteiger partial charge in [0.2, 0.25) is 0 Å². The molecule has 2 amide bonds. The Hall–Kier alpha value is -2.90. The van der Waals surface area contributed by atoms with E-state index in [0.29, 0.717) is 27.0 Å². The quantitative estimate of drug-likeness (QED) is 0.676. The lowest BCUT2D eigenvalue weighted by Crippen LogP contribution is -2.34. The number of benzene rings is 3. The minimum atomic E-state index is -3.95. The van der Waals surface area contributed by atoms with Crippen molar-refractivity contribution in [1.29, 1.82) is 0 Å². The second-order valence-electron chi connectivity index (χ2n) is 5.77. The molecule has 8 heteroatoms. The van der Waals surface area contributed by atoms with Gasteiger partial charge in [-0.15, -0.1) is 0 Å². The van der Waals surface area contributed by atoms with Crippen LogP contribution in [0.1, 0.15) is 20.7 Å². The van der Waals surface area contributed by atoms with Crippen LogP contribution in [0.5, 0.6) is 0 Å². The van der Waals surface area contributed by atoms with Crippen molar-refractivity contribution in [3.63, 3.8) is 0 Å². The van der Waals surface area contributed by atoms with Gasteiger partial charge < -0.3 is 0 Å². The number of hydrogen-bond donors (Lipinski definition) is 2. The zero-order chi connectivity index (χ0) is 18.5. The Morgan fingerprint density at radius 1 is 0.885 bits per heavy atom. The van der Waals surface area contributed by atoms with Gasteiger partial charge in [0.25, 0.3) is 21.8 Å². The van der Waals surface area contributed by atoms with Crippen LogP contribution < -0.4 is 10.0 Å². The molecule has 6 nitrogen and oxygen atoms in total. The number of halogens is 1. The number of rotatable bonds is 3. The van der Waals surface area contributed by atoms with E-state index in [9.17, 15) is 18.0 Å². The zero-order valence-electron chi connectivity index (χ0n) is 13.1. The number of imide groups is 1. The smallest absolute Gasteiger partial charge is 0.261 e. The van der Waals surface area contributed by atoms with E-state index in [1.165, 1.54) is 18.2 Å². The molecule has 1 heterocycles. The summed E-state index contributed by atoms with van der Waals surface area (Å²) in [5, 5.41) is 3.55. The summed E-state index contributed by atoms with van der Waals surface area (Å²) in [4.78, 5) is 24.1. The van der Waals surface area contributed by atoms with Gasteiger partial charge in [-0.1, -0.05) is 29.8 Å². The molecule has 26 heavy (non-hydrogen) atoms. The fourth-order valence-electron chi connectivity index (χ4n) is 2.93. The summed E-state index contributed by atoms with van der Waals surface area (Å²) in [6.45, 7) is 0. The Kier molecular flexibility index (Phi) is 3.71. The van der Waals surface area contributed by atoms with Crippen LogP contribution in [0, 0.1) is 0 Å². The monoisotopic (exact) mass is 386 g/mol. The molecule has 0 aromatic heterocycles. The summed E-state index contributed by atoms with van der Waals surface area (Å²) >= 11 is 5.88. The molecule has 0 radical (unpaired) electrons. The Morgan fingerprint density at radius 2 is 1.62 bits per heavy atom. The van der Waals surface area contributed by atoms with E-state index in [-0.39, 0.29) is 10.5 Å². The molecule has 1 aliphatic rings. The lowest BCUT2D eigenvalue weighted by atomic mass is 9.95. The first-order valence-electron chi connectivity index (χ1n) is 7.56. The van der Waals surface area contributed by atoms with Crippen molar-refractivity contribution in [2.24, 2.45) is 0 Å². The van der Waals surface area contributed by atoms with Crippen LogP contribution in [0.25, 0.3) is 10.8 Å². The highest BCUT2D eigenvalue weighted by atomic mass is 35.5. The van der Waals surface area contributed by atoms with Crippen LogP contribution in [0.15, 0.2) is 59.5 Å². The average Bonchev–Trinajstić information content (AvgIpc) is 2.58. The van der Waals surface area contributed by atoms with Crippen LogP contribution in [0.3, 0.4) is 0 Å². The molecule has 3 aromatic carbocycles. The number of carbonyl (C=O) groups excluding carboxylic acids is 2. The summed E-state index contributed by atoms with van der Waals surface area (Å²) in [6, 6.07) is 13.9. The molecule has 0 atom stereocenters. The van der Waals surface area contributed by atoms with Crippen LogP contribution in [-0.4, -0.2) is 20.2 Å².